The van der Waals surface area contributed by atoms with E-state index in [0.29, 0.717) is 45.5 Å². The molecule has 0 aromatic heterocycles. The maximum atomic E-state index is 14.2. The van der Waals surface area contributed by atoms with E-state index >= 15 is 0 Å². The van der Waals surface area contributed by atoms with Crippen molar-refractivity contribution in [3.8, 4) is 5.75 Å². The molecule has 1 heterocycles. The Morgan fingerprint density at radius 3 is 2.63 bits per heavy atom. The van der Waals surface area contributed by atoms with Gasteiger partial charge in [0.05, 0.1) is 6.61 Å². The van der Waals surface area contributed by atoms with Gasteiger partial charge in [0.1, 0.15) is 11.6 Å². The first-order chi connectivity index (χ1) is 18.4. The summed E-state index contributed by atoms with van der Waals surface area (Å²) in [6.45, 7) is 4.24. The number of hydrogen-bond donors (Lipinski definition) is 2. The SMILES string of the molecule is C=CC[C@@]1(C(=O)NCc2ccccc2F)N=C(c2ccc(OCCCO)cc2)O[C@@H]1c1ccc(Cl)cc1Cl. The van der Waals surface area contributed by atoms with Crippen molar-refractivity contribution in [3.63, 3.8) is 0 Å². The van der Waals surface area contributed by atoms with Crippen molar-refractivity contribution in [1.29, 1.82) is 0 Å². The highest BCUT2D eigenvalue weighted by Gasteiger charge is 2.53. The van der Waals surface area contributed by atoms with Crippen LogP contribution in [0, 0.1) is 5.82 Å². The van der Waals surface area contributed by atoms with Crippen molar-refractivity contribution in [1.82, 2.24) is 5.32 Å². The van der Waals surface area contributed by atoms with Crippen LogP contribution in [0.4, 0.5) is 4.39 Å². The molecule has 4 rings (SSSR count). The van der Waals surface area contributed by atoms with Crippen LogP contribution < -0.4 is 10.1 Å². The van der Waals surface area contributed by atoms with E-state index in [1.807, 2.05) is 0 Å². The highest BCUT2D eigenvalue weighted by atomic mass is 35.5. The van der Waals surface area contributed by atoms with Gasteiger partial charge in [0.15, 0.2) is 11.6 Å². The van der Waals surface area contributed by atoms with Crippen LogP contribution in [0.1, 0.15) is 35.6 Å². The number of amides is 1. The molecule has 6 nitrogen and oxygen atoms in total. The lowest BCUT2D eigenvalue weighted by atomic mass is 9.84. The third-order valence-electron chi connectivity index (χ3n) is 6.13. The highest BCUT2D eigenvalue weighted by Crippen LogP contribution is 2.45. The largest absolute Gasteiger partial charge is 0.494 e. The van der Waals surface area contributed by atoms with E-state index in [1.165, 1.54) is 6.07 Å². The van der Waals surface area contributed by atoms with E-state index in [2.05, 4.69) is 11.9 Å². The first kappa shape index (κ1) is 27.6. The van der Waals surface area contributed by atoms with E-state index in [9.17, 15) is 9.18 Å². The van der Waals surface area contributed by atoms with Gasteiger partial charge in [0, 0.05) is 52.7 Å². The Morgan fingerprint density at radius 1 is 1.18 bits per heavy atom. The van der Waals surface area contributed by atoms with Gasteiger partial charge in [-0.15, -0.1) is 6.58 Å². The van der Waals surface area contributed by atoms with Crippen LogP contribution in [0.5, 0.6) is 5.75 Å². The molecule has 0 saturated carbocycles. The van der Waals surface area contributed by atoms with Gasteiger partial charge >= 0.3 is 0 Å². The minimum atomic E-state index is -1.46. The number of ether oxygens (including phenoxy) is 2. The summed E-state index contributed by atoms with van der Waals surface area (Å²) in [5, 5.41) is 12.5. The molecule has 2 N–H and O–H groups in total. The van der Waals surface area contributed by atoms with E-state index in [0.717, 1.165) is 0 Å². The molecule has 1 aliphatic rings. The molecule has 0 fully saturated rings. The number of halogens is 3. The molecule has 0 unspecified atom stereocenters. The summed E-state index contributed by atoms with van der Waals surface area (Å²) in [6, 6.07) is 18.2. The Morgan fingerprint density at radius 2 is 1.95 bits per heavy atom. The molecule has 1 amide bonds. The van der Waals surface area contributed by atoms with E-state index in [4.69, 9.17) is 42.8 Å². The second-order valence-electron chi connectivity index (χ2n) is 8.72. The van der Waals surface area contributed by atoms with Crippen LogP contribution in [0.25, 0.3) is 0 Å². The Kier molecular flexibility index (Phi) is 9.05. The van der Waals surface area contributed by atoms with Crippen LogP contribution >= 0.6 is 23.2 Å². The van der Waals surface area contributed by atoms with Gasteiger partial charge in [-0.3, -0.25) is 4.79 Å². The number of aliphatic hydroxyl groups is 1. The van der Waals surface area contributed by atoms with Gasteiger partial charge in [-0.1, -0.05) is 53.5 Å². The Labute approximate surface area is 230 Å². The first-order valence-electron chi connectivity index (χ1n) is 12.1. The summed E-state index contributed by atoms with van der Waals surface area (Å²) < 4.78 is 26.2. The van der Waals surface area contributed by atoms with Crippen molar-refractivity contribution in [2.45, 2.75) is 31.0 Å². The van der Waals surface area contributed by atoms with Gasteiger partial charge in [0.25, 0.3) is 5.91 Å². The molecule has 0 bridgehead atoms. The average molecular weight is 557 g/mol. The number of nitrogens with zero attached hydrogens (tertiary/aromatic N) is 1. The average Bonchev–Trinajstić information content (AvgIpc) is 3.29. The monoisotopic (exact) mass is 556 g/mol. The van der Waals surface area contributed by atoms with E-state index in [1.54, 1.807) is 66.7 Å². The number of aliphatic hydroxyl groups excluding tert-OH is 1. The predicted molar refractivity (Wildman–Crippen MR) is 146 cm³/mol. The molecule has 1 aliphatic heterocycles. The normalized spacial score (nSPS) is 18.4. The number of nitrogens with one attached hydrogen (secondary N) is 1. The lowest BCUT2D eigenvalue weighted by Gasteiger charge is -2.30. The minimum Gasteiger partial charge on any atom is -0.494 e. The van der Waals surface area contributed by atoms with Gasteiger partial charge in [-0.2, -0.15) is 0 Å². The third-order valence-corrected chi connectivity index (χ3v) is 6.69. The maximum Gasteiger partial charge on any atom is 0.252 e. The quantitative estimate of drug-likeness (QED) is 0.223. The van der Waals surface area contributed by atoms with Crippen molar-refractivity contribution < 1.29 is 23.8 Å². The molecule has 198 valence electrons. The minimum absolute atomic E-state index is 0.0315. The molecule has 0 saturated heterocycles. The van der Waals surface area contributed by atoms with Gasteiger partial charge in [-0.05, 0) is 42.5 Å². The Bertz CT molecular complexity index is 1330. The van der Waals surface area contributed by atoms with E-state index in [-0.39, 0.29) is 25.5 Å². The smallest absolute Gasteiger partial charge is 0.252 e. The summed E-state index contributed by atoms with van der Waals surface area (Å²) in [4.78, 5) is 18.6. The van der Waals surface area contributed by atoms with Gasteiger partial charge in [-0.25, -0.2) is 9.38 Å². The predicted octanol–water partition coefficient (Wildman–Crippen LogP) is 6.04. The molecule has 9 heteroatoms. The molecule has 2 atom stereocenters. The number of carbonyl (C=O) groups is 1. The van der Waals surface area contributed by atoms with Crippen molar-refractivity contribution >= 4 is 35.0 Å². The van der Waals surface area contributed by atoms with Crippen LogP contribution in [-0.4, -0.2) is 35.7 Å². The molecular formula is C29H27Cl2FN2O4. The second-order valence-corrected chi connectivity index (χ2v) is 9.57. The van der Waals surface area contributed by atoms with Crippen LogP contribution in [-0.2, 0) is 16.1 Å². The number of carbonyl (C=O) groups excluding carboxylic acids is 1. The highest BCUT2D eigenvalue weighted by molar-refractivity contribution is 6.35. The summed E-state index contributed by atoms with van der Waals surface area (Å²) in [6.07, 6.45) is 1.34. The fraction of sp³-hybridized carbons (Fsp3) is 0.241. The molecular weight excluding hydrogens is 530 g/mol. The Balaban J connectivity index is 1.70. The standard InChI is InChI=1S/C29H27Cl2FN2O4/c1-2-14-29(28(36)33-18-20-6-3-4-7-25(20)32)26(23-13-10-21(30)17-24(23)31)38-27(34-29)19-8-11-22(12-9-19)37-16-5-15-35/h2-4,6-13,17,26,35H,1,5,14-16,18H2,(H,33,36)/t26-,29-/m1/s1. The van der Waals surface area contributed by atoms with E-state index < -0.39 is 23.4 Å². The topological polar surface area (TPSA) is 80.2 Å². The molecule has 0 spiro atoms. The fourth-order valence-electron chi connectivity index (χ4n) is 4.20. The van der Waals surface area contributed by atoms with Crippen LogP contribution in [0.2, 0.25) is 10.0 Å². The molecule has 0 aliphatic carbocycles. The zero-order chi connectivity index (χ0) is 27.1. The first-order valence-corrected chi connectivity index (χ1v) is 12.8. The Hall–Kier alpha value is -3.39. The summed E-state index contributed by atoms with van der Waals surface area (Å²) >= 11 is 12.7. The van der Waals surface area contributed by atoms with Gasteiger partial charge < -0.3 is 19.9 Å². The zero-order valence-corrected chi connectivity index (χ0v) is 22.0. The van der Waals surface area contributed by atoms with Crippen LogP contribution in [0.15, 0.2) is 84.4 Å². The number of rotatable bonds is 11. The molecule has 38 heavy (non-hydrogen) atoms. The molecule has 0 radical (unpaired) electrons. The maximum absolute atomic E-state index is 14.2. The van der Waals surface area contributed by atoms with Crippen LogP contribution in [0.3, 0.4) is 0 Å². The fourth-order valence-corrected chi connectivity index (χ4v) is 4.70. The molecule has 3 aromatic carbocycles. The zero-order valence-electron chi connectivity index (χ0n) is 20.5. The van der Waals surface area contributed by atoms with Crippen molar-refractivity contribution in [3.05, 3.63) is 112 Å². The number of hydrogen-bond acceptors (Lipinski definition) is 5. The lowest BCUT2D eigenvalue weighted by Crippen LogP contribution is -2.48. The third kappa shape index (κ3) is 6.01. The number of aliphatic imine (C=N–C) groups is 1. The lowest BCUT2D eigenvalue weighted by molar-refractivity contribution is -0.129. The van der Waals surface area contributed by atoms with Gasteiger partial charge in [0.2, 0.25) is 5.90 Å². The van der Waals surface area contributed by atoms with Crippen molar-refractivity contribution in [2.75, 3.05) is 13.2 Å². The number of benzene rings is 3. The molecule has 3 aromatic rings. The van der Waals surface area contributed by atoms with Crippen molar-refractivity contribution in [2.24, 2.45) is 4.99 Å². The summed E-state index contributed by atoms with van der Waals surface area (Å²) in [5.41, 5.74) is 0.0375. The second kappa shape index (κ2) is 12.4. The summed E-state index contributed by atoms with van der Waals surface area (Å²) in [5.74, 6) is -0.0180. The summed E-state index contributed by atoms with van der Waals surface area (Å²) in [7, 11) is 0.